The Morgan fingerprint density at radius 1 is 0.671 bits per heavy atom. The van der Waals surface area contributed by atoms with Gasteiger partial charge in [-0.3, -0.25) is 9.59 Å². The first-order chi connectivity index (χ1) is 33.5. The van der Waals surface area contributed by atoms with Crippen LogP contribution in [-0.4, -0.2) is 84.2 Å². The third-order valence-electron chi connectivity index (χ3n) is 12.7. The maximum absolute atomic E-state index is 13.9. The number of rotatable bonds is 12. The van der Waals surface area contributed by atoms with Crippen LogP contribution in [-0.2, 0) is 4.79 Å². The van der Waals surface area contributed by atoms with Gasteiger partial charge in [-0.25, -0.2) is 0 Å². The molecular weight excluding hydrogens is 999 g/mol. The fourth-order valence-corrected chi connectivity index (χ4v) is 11.5. The number of carbonyl (C=O) groups is 3. The van der Waals surface area contributed by atoms with E-state index in [0.717, 1.165) is 67.5 Å². The lowest BCUT2D eigenvalue weighted by Gasteiger charge is -2.28. The molecule has 9 nitrogen and oxygen atoms in total. The smallest absolute Gasteiger partial charge is 0.255 e. The Morgan fingerprint density at radius 2 is 1.13 bits per heavy atom. The van der Waals surface area contributed by atoms with Gasteiger partial charge in [0.05, 0.1) is 42.3 Å². The van der Waals surface area contributed by atoms with Crippen molar-refractivity contribution in [3.8, 4) is 12.1 Å². The second-order valence-corrected chi connectivity index (χ2v) is 21.5. The van der Waals surface area contributed by atoms with Gasteiger partial charge in [-0.1, -0.05) is 114 Å². The molecular formula is C55H54Cl4N6O3S2. The number of amides is 2. The van der Waals surface area contributed by atoms with Crippen LogP contribution in [0.3, 0.4) is 0 Å². The van der Waals surface area contributed by atoms with E-state index in [-0.39, 0.29) is 37.5 Å². The summed E-state index contributed by atoms with van der Waals surface area (Å²) in [7, 11) is 0. The monoisotopic (exact) mass is 1050 g/mol. The molecule has 2 saturated carbocycles. The highest BCUT2D eigenvalue weighted by molar-refractivity contribution is 7.99. The predicted octanol–water partition coefficient (Wildman–Crippen LogP) is 13.2. The van der Waals surface area contributed by atoms with Gasteiger partial charge in [0, 0.05) is 77.8 Å². The summed E-state index contributed by atoms with van der Waals surface area (Å²) in [5.41, 5.74) is 9.48. The lowest BCUT2D eigenvalue weighted by Crippen LogP contribution is -2.36. The molecule has 10 rings (SSSR count). The standard InChI is InChI=1S/C27H25Cl2N3OS.C24H18Cl2N2O2S.C3H7N.CH4/c28-23-8-5-17(14-24(23)29)19(9-10-31-21-6-7-21)16-32-11-12-34-26-20(15-30)13-18-3-1-2-4-22(18)25(26)27(32)33;25-20-6-5-15(12-21(20)26)17(7-9-29)14-28-8-10-31-23-18(13-27)11-16-3-1-2-4-19(16)22(23)24(28)30;4-3-1-2-3;/h1-5,8,13-14,19,21,31H,6-7,9-12,16H2;1-6,9,11-12,17H,7-8,10,14H2;3H,1-2,4H2;1H4/t19-;17-;;/m11../s1. The van der Waals surface area contributed by atoms with Crippen LogP contribution in [0.4, 0.5) is 0 Å². The molecule has 6 aromatic carbocycles. The molecule has 0 unspecified atom stereocenters. The number of aldehydes is 1. The molecule has 2 amide bonds. The number of carbonyl (C=O) groups excluding carboxylic acids is 3. The number of benzene rings is 6. The van der Waals surface area contributed by atoms with E-state index >= 15 is 0 Å². The molecule has 0 bridgehead atoms. The minimum atomic E-state index is -0.201. The van der Waals surface area contributed by atoms with Gasteiger partial charge in [0.15, 0.2) is 0 Å². The fourth-order valence-electron chi connectivity index (χ4n) is 8.64. The molecule has 15 heteroatoms. The minimum absolute atomic E-state index is 0. The van der Waals surface area contributed by atoms with E-state index in [1.54, 1.807) is 28.8 Å². The third-order valence-corrected chi connectivity index (χ3v) is 16.4. The zero-order valence-corrected chi connectivity index (χ0v) is 42.4. The van der Waals surface area contributed by atoms with E-state index in [0.29, 0.717) is 86.4 Å². The number of nitriles is 2. The maximum atomic E-state index is 13.9. The van der Waals surface area contributed by atoms with Gasteiger partial charge in [0.2, 0.25) is 0 Å². The van der Waals surface area contributed by atoms with E-state index in [2.05, 4.69) is 17.5 Å². The van der Waals surface area contributed by atoms with E-state index in [1.807, 2.05) is 89.8 Å². The minimum Gasteiger partial charge on any atom is -0.337 e. The van der Waals surface area contributed by atoms with Gasteiger partial charge < -0.3 is 25.6 Å². The maximum Gasteiger partial charge on any atom is 0.255 e. The van der Waals surface area contributed by atoms with Crippen molar-refractivity contribution in [3.63, 3.8) is 0 Å². The number of nitrogens with one attached hydrogen (secondary N) is 1. The quantitative estimate of drug-likeness (QED) is 0.115. The number of hydrogen-bond acceptors (Lipinski definition) is 9. The SMILES string of the molecule is C.N#Cc1cc2ccccc2c2c1SCCN(C[C@@H](CC=O)c1ccc(Cl)c(Cl)c1)C2=O.N#Cc1cc2ccccc2c2c1SCCN(C[C@@H](CCNC1CC1)c1ccc(Cl)c(Cl)c1)C2=O.NC1CC1. The summed E-state index contributed by atoms with van der Waals surface area (Å²) in [6, 6.07) is 36.0. The molecule has 0 aromatic heterocycles. The number of thioether (sulfide) groups is 2. The van der Waals surface area contributed by atoms with Gasteiger partial charge in [-0.15, -0.1) is 23.5 Å². The Bertz CT molecular complexity index is 2990. The summed E-state index contributed by atoms with van der Waals surface area (Å²) >= 11 is 27.9. The molecule has 2 heterocycles. The highest BCUT2D eigenvalue weighted by Gasteiger charge is 2.32. The van der Waals surface area contributed by atoms with Crippen molar-refractivity contribution in [1.82, 2.24) is 15.1 Å². The number of hydrogen-bond donors (Lipinski definition) is 2. The fraction of sp³-hybridized carbons (Fsp3) is 0.327. The van der Waals surface area contributed by atoms with Crippen molar-refractivity contribution in [2.75, 3.05) is 44.2 Å². The van der Waals surface area contributed by atoms with Gasteiger partial charge in [0.25, 0.3) is 11.8 Å². The first-order valence-electron chi connectivity index (χ1n) is 23.1. The molecule has 4 aliphatic rings. The van der Waals surface area contributed by atoms with Crippen molar-refractivity contribution in [2.45, 2.75) is 79.7 Å². The molecule has 3 N–H and O–H groups in total. The van der Waals surface area contributed by atoms with Crippen LogP contribution < -0.4 is 11.1 Å². The molecule has 0 spiro atoms. The van der Waals surface area contributed by atoms with Crippen LogP contribution in [0, 0.1) is 22.7 Å². The largest absolute Gasteiger partial charge is 0.337 e. The molecule has 2 fully saturated rings. The molecule has 6 aromatic rings. The zero-order valence-electron chi connectivity index (χ0n) is 37.7. The third kappa shape index (κ3) is 12.8. The average molecular weight is 1050 g/mol. The van der Waals surface area contributed by atoms with Crippen molar-refractivity contribution in [2.24, 2.45) is 5.73 Å². The molecule has 0 radical (unpaired) electrons. The van der Waals surface area contributed by atoms with Crippen molar-refractivity contribution in [3.05, 3.63) is 151 Å². The van der Waals surface area contributed by atoms with Crippen molar-refractivity contribution >= 4 is 110 Å². The summed E-state index contributed by atoms with van der Waals surface area (Å²) in [5, 5.41) is 28.5. The Labute approximate surface area is 438 Å². The topological polar surface area (TPSA) is 143 Å². The van der Waals surface area contributed by atoms with E-state index in [9.17, 15) is 24.9 Å². The summed E-state index contributed by atoms with van der Waals surface area (Å²) < 4.78 is 0. The van der Waals surface area contributed by atoms with E-state index in [4.69, 9.17) is 52.1 Å². The molecule has 0 saturated heterocycles. The lowest BCUT2D eigenvalue weighted by atomic mass is 9.94. The average Bonchev–Trinajstić information content (AvgIpc) is 4.31. The second-order valence-electron chi connectivity index (χ2n) is 17.6. The lowest BCUT2D eigenvalue weighted by molar-refractivity contribution is -0.108. The van der Waals surface area contributed by atoms with Crippen LogP contribution in [0.2, 0.25) is 20.1 Å². The molecule has 70 heavy (non-hydrogen) atoms. The molecule has 362 valence electrons. The number of nitrogens with two attached hydrogens (primary N) is 1. The number of fused-ring (bicyclic) bond motifs is 6. The summed E-state index contributed by atoms with van der Waals surface area (Å²) in [6.07, 6.45) is 7.04. The van der Waals surface area contributed by atoms with Crippen molar-refractivity contribution < 1.29 is 14.4 Å². The predicted molar refractivity (Wildman–Crippen MR) is 289 cm³/mol. The highest BCUT2D eigenvalue weighted by atomic mass is 35.5. The van der Waals surface area contributed by atoms with Crippen LogP contribution in [0.15, 0.2) is 107 Å². The summed E-state index contributed by atoms with van der Waals surface area (Å²) in [5.74, 6) is 1.22. The Balaban J connectivity index is 0.000000189. The van der Waals surface area contributed by atoms with Crippen LogP contribution in [0.25, 0.3) is 21.5 Å². The number of halogens is 4. The number of nitrogens with zero attached hydrogens (tertiary/aromatic N) is 4. The first kappa shape index (κ1) is 53.0. The van der Waals surface area contributed by atoms with E-state index < -0.39 is 0 Å². The zero-order chi connectivity index (χ0) is 48.6. The Hall–Kier alpha value is -4.79. The van der Waals surface area contributed by atoms with Gasteiger partial charge in [-0.2, -0.15) is 10.5 Å². The van der Waals surface area contributed by atoms with Gasteiger partial charge in [0.1, 0.15) is 18.4 Å². The molecule has 2 aliphatic carbocycles. The Morgan fingerprint density at radius 3 is 1.56 bits per heavy atom. The van der Waals surface area contributed by atoms with E-state index in [1.165, 1.54) is 37.4 Å². The van der Waals surface area contributed by atoms with Crippen LogP contribution in [0.1, 0.15) is 101 Å². The summed E-state index contributed by atoms with van der Waals surface area (Å²) in [6.45, 7) is 3.01. The summed E-state index contributed by atoms with van der Waals surface area (Å²) in [4.78, 5) is 44.3. The van der Waals surface area contributed by atoms with Crippen LogP contribution in [0.5, 0.6) is 0 Å². The highest BCUT2D eigenvalue weighted by Crippen LogP contribution is 2.40. The molecule has 2 atom stereocenters. The second kappa shape index (κ2) is 24.6. The first-order valence-corrected chi connectivity index (χ1v) is 26.5. The molecule has 2 aliphatic heterocycles. The Kier molecular flexibility index (Phi) is 18.6. The van der Waals surface area contributed by atoms with Gasteiger partial charge >= 0.3 is 0 Å². The normalized spacial score (nSPS) is 16.1. The van der Waals surface area contributed by atoms with Gasteiger partial charge in [-0.05, 0) is 108 Å². The van der Waals surface area contributed by atoms with Crippen molar-refractivity contribution in [1.29, 1.82) is 10.5 Å². The van der Waals surface area contributed by atoms with Crippen LogP contribution >= 0.6 is 69.9 Å².